The Kier molecular flexibility index (Phi) is 6.67. The summed E-state index contributed by atoms with van der Waals surface area (Å²) in [7, 11) is -1.80. The standard InChI is InChI=1S/C17H25N6O3S/c1-5-6-7-19-16-12(2)11-20-17(22-16)21-13-8-14(23(24)26-3)10-15(9-13)27(4,18)25/h8-11,18H,5-7H2,1-4H3,(H2,19,20,21,22)/q+1. The molecule has 1 unspecified atom stereocenters. The second-order valence-corrected chi connectivity index (χ2v) is 8.29. The van der Waals surface area contributed by atoms with Crippen molar-refractivity contribution in [1.29, 1.82) is 4.78 Å². The fourth-order valence-electron chi connectivity index (χ4n) is 2.29. The van der Waals surface area contributed by atoms with Gasteiger partial charge in [-0.2, -0.15) is 4.98 Å². The summed E-state index contributed by atoms with van der Waals surface area (Å²) >= 11 is 0. The maximum atomic E-state index is 12.1. The minimum atomic E-state index is -3.03. The Morgan fingerprint density at radius 3 is 2.70 bits per heavy atom. The Morgan fingerprint density at radius 1 is 1.33 bits per heavy atom. The van der Waals surface area contributed by atoms with Crippen molar-refractivity contribution in [2.24, 2.45) is 0 Å². The van der Waals surface area contributed by atoms with Crippen molar-refractivity contribution in [1.82, 2.24) is 9.97 Å². The zero-order valence-electron chi connectivity index (χ0n) is 15.9. The van der Waals surface area contributed by atoms with Crippen LogP contribution < -0.4 is 10.6 Å². The van der Waals surface area contributed by atoms with Gasteiger partial charge in [-0.3, -0.25) is 0 Å². The fraction of sp³-hybridized carbons (Fsp3) is 0.412. The predicted octanol–water partition coefficient (Wildman–Crippen LogP) is 3.75. The SMILES string of the molecule is CCCCNc1nc(Nc2cc([N+](=O)OC)cc(S(C)(=N)=O)c2)ncc1C. The fourth-order valence-corrected chi connectivity index (χ4v) is 2.98. The van der Waals surface area contributed by atoms with Crippen LogP contribution in [0.25, 0.3) is 0 Å². The maximum absolute atomic E-state index is 12.1. The molecule has 10 heteroatoms. The Labute approximate surface area is 159 Å². The van der Waals surface area contributed by atoms with Gasteiger partial charge in [-0.25, -0.2) is 18.8 Å². The number of hydrogen-bond donors (Lipinski definition) is 3. The summed E-state index contributed by atoms with van der Waals surface area (Å²) in [5, 5.41) is 6.27. The summed E-state index contributed by atoms with van der Waals surface area (Å²) < 4.78 is 19.9. The lowest BCUT2D eigenvalue weighted by Gasteiger charge is -2.11. The highest BCUT2D eigenvalue weighted by Gasteiger charge is 2.20. The van der Waals surface area contributed by atoms with E-state index in [9.17, 15) is 9.12 Å². The van der Waals surface area contributed by atoms with Crippen LogP contribution >= 0.6 is 0 Å². The van der Waals surface area contributed by atoms with Crippen LogP contribution in [0.5, 0.6) is 0 Å². The van der Waals surface area contributed by atoms with Crippen molar-refractivity contribution in [3.8, 4) is 0 Å². The van der Waals surface area contributed by atoms with Crippen LogP contribution in [0, 0.1) is 16.6 Å². The van der Waals surface area contributed by atoms with Crippen molar-refractivity contribution in [3.05, 3.63) is 34.9 Å². The molecular weight excluding hydrogens is 368 g/mol. The largest absolute Gasteiger partial charge is 0.370 e. The maximum Gasteiger partial charge on any atom is 0.320 e. The summed E-state index contributed by atoms with van der Waals surface area (Å²) in [6.45, 7) is 4.84. The van der Waals surface area contributed by atoms with Crippen molar-refractivity contribution < 1.29 is 14.0 Å². The minimum Gasteiger partial charge on any atom is -0.370 e. The average Bonchev–Trinajstić information content (AvgIpc) is 2.62. The molecule has 27 heavy (non-hydrogen) atoms. The van der Waals surface area contributed by atoms with Gasteiger partial charge in [0.1, 0.15) is 5.82 Å². The van der Waals surface area contributed by atoms with Gasteiger partial charge in [-0.05, 0) is 19.4 Å². The van der Waals surface area contributed by atoms with Crippen LogP contribution in [0.15, 0.2) is 29.3 Å². The van der Waals surface area contributed by atoms with E-state index >= 15 is 0 Å². The van der Waals surface area contributed by atoms with E-state index in [1.165, 1.54) is 31.6 Å². The van der Waals surface area contributed by atoms with E-state index in [0.717, 1.165) is 30.8 Å². The Morgan fingerprint density at radius 2 is 2.07 bits per heavy atom. The molecule has 146 valence electrons. The molecule has 3 N–H and O–H groups in total. The molecule has 0 aliphatic rings. The number of rotatable bonds is 9. The van der Waals surface area contributed by atoms with Crippen LogP contribution in [-0.2, 0) is 14.6 Å². The number of anilines is 3. The first-order chi connectivity index (χ1) is 12.7. The van der Waals surface area contributed by atoms with Crippen LogP contribution in [0.2, 0.25) is 0 Å². The van der Waals surface area contributed by atoms with Gasteiger partial charge in [0.25, 0.3) is 4.92 Å². The van der Waals surface area contributed by atoms with Gasteiger partial charge in [0.05, 0.1) is 19.5 Å². The van der Waals surface area contributed by atoms with E-state index in [1.807, 2.05) is 6.92 Å². The van der Waals surface area contributed by atoms with Crippen LogP contribution in [0.1, 0.15) is 25.3 Å². The molecule has 2 rings (SSSR count). The first-order valence-corrected chi connectivity index (χ1v) is 10.5. The lowest BCUT2D eigenvalue weighted by molar-refractivity contribution is -0.736. The van der Waals surface area contributed by atoms with E-state index in [0.29, 0.717) is 11.6 Å². The summed E-state index contributed by atoms with van der Waals surface area (Å²) in [6, 6.07) is 4.42. The third-order valence-corrected chi connectivity index (χ3v) is 4.90. The molecule has 0 aliphatic heterocycles. The van der Waals surface area contributed by atoms with E-state index < -0.39 is 9.73 Å². The van der Waals surface area contributed by atoms with E-state index in [1.54, 1.807) is 6.20 Å². The van der Waals surface area contributed by atoms with Gasteiger partial charge < -0.3 is 10.6 Å². The van der Waals surface area contributed by atoms with Crippen LogP contribution in [-0.4, -0.2) is 39.0 Å². The average molecular weight is 393 g/mol. The van der Waals surface area contributed by atoms with Crippen molar-refractivity contribution in [2.45, 2.75) is 31.6 Å². The van der Waals surface area contributed by atoms with Gasteiger partial charge in [0.2, 0.25) is 5.95 Å². The van der Waals surface area contributed by atoms with Gasteiger partial charge in [-0.15, -0.1) is 0 Å². The molecule has 0 fully saturated rings. The number of aryl methyl sites for hydroxylation is 1. The highest BCUT2D eigenvalue weighted by molar-refractivity contribution is 7.91. The number of hydrogen-bond acceptors (Lipinski definition) is 8. The summed E-state index contributed by atoms with van der Waals surface area (Å²) in [5.41, 5.74) is 1.47. The van der Waals surface area contributed by atoms with Crippen molar-refractivity contribution in [2.75, 3.05) is 30.5 Å². The number of aromatic nitrogens is 2. The van der Waals surface area contributed by atoms with Gasteiger partial charge >= 0.3 is 5.69 Å². The Hall–Kier alpha value is -2.75. The minimum absolute atomic E-state index is 0.118. The Balaban J connectivity index is 2.36. The molecule has 1 atom stereocenters. The zero-order valence-corrected chi connectivity index (χ0v) is 16.7. The number of benzene rings is 1. The number of nitrogens with zero attached hydrogens (tertiary/aromatic N) is 3. The Bertz CT molecular complexity index is 930. The van der Waals surface area contributed by atoms with Gasteiger partial charge in [0, 0.05) is 42.4 Å². The smallest absolute Gasteiger partial charge is 0.320 e. The quantitative estimate of drug-likeness (QED) is 0.438. The molecule has 0 amide bonds. The molecule has 0 bridgehead atoms. The molecule has 0 radical (unpaired) electrons. The normalized spacial score (nSPS) is 12.9. The molecule has 0 spiro atoms. The molecule has 2 aromatic rings. The molecule has 0 saturated heterocycles. The first kappa shape index (κ1) is 20.6. The third kappa shape index (κ3) is 5.61. The molecule has 1 aromatic heterocycles. The van der Waals surface area contributed by atoms with E-state index in [-0.39, 0.29) is 15.5 Å². The second-order valence-electron chi connectivity index (χ2n) is 6.13. The second kappa shape index (κ2) is 8.76. The third-order valence-electron chi connectivity index (χ3n) is 3.77. The lowest BCUT2D eigenvalue weighted by atomic mass is 10.3. The first-order valence-electron chi connectivity index (χ1n) is 8.49. The van der Waals surface area contributed by atoms with Crippen LogP contribution in [0.4, 0.5) is 23.1 Å². The van der Waals surface area contributed by atoms with Crippen molar-refractivity contribution >= 4 is 32.9 Å². The molecule has 1 heterocycles. The highest BCUT2D eigenvalue weighted by Crippen LogP contribution is 2.26. The summed E-state index contributed by atoms with van der Waals surface area (Å²) in [6.07, 6.45) is 5.08. The molecule has 0 saturated carbocycles. The number of unbranched alkanes of at least 4 members (excludes halogenated alkanes) is 1. The zero-order chi connectivity index (χ0) is 20.0. The van der Waals surface area contributed by atoms with Gasteiger partial charge in [-0.1, -0.05) is 13.3 Å². The molecule has 9 nitrogen and oxygen atoms in total. The predicted molar refractivity (Wildman–Crippen MR) is 105 cm³/mol. The van der Waals surface area contributed by atoms with E-state index in [4.69, 9.17) is 4.78 Å². The van der Waals surface area contributed by atoms with E-state index in [2.05, 4.69) is 32.4 Å². The van der Waals surface area contributed by atoms with Crippen LogP contribution in [0.3, 0.4) is 0 Å². The molecular formula is C17H25N6O3S+. The molecule has 1 aromatic carbocycles. The monoisotopic (exact) mass is 393 g/mol. The highest BCUT2D eigenvalue weighted by atomic mass is 32.2. The van der Waals surface area contributed by atoms with Crippen molar-refractivity contribution in [3.63, 3.8) is 0 Å². The van der Waals surface area contributed by atoms with Gasteiger partial charge in [0.15, 0.2) is 7.11 Å². The molecule has 0 aliphatic carbocycles. The summed E-state index contributed by atoms with van der Waals surface area (Å²) in [5.74, 6) is 1.05. The lowest BCUT2D eigenvalue weighted by Crippen LogP contribution is -2.08. The number of nitrogens with one attached hydrogen (secondary N) is 3. The summed E-state index contributed by atoms with van der Waals surface area (Å²) in [4.78, 5) is 25.7. The topological polar surface area (TPSA) is 120 Å².